The summed E-state index contributed by atoms with van der Waals surface area (Å²) in [6.07, 6.45) is 4.57. The topological polar surface area (TPSA) is 35.5 Å². The van der Waals surface area contributed by atoms with Gasteiger partial charge in [-0.05, 0) is 49.8 Å². The van der Waals surface area contributed by atoms with Gasteiger partial charge in [0.05, 0.1) is 18.9 Å². The molecule has 0 bridgehead atoms. The summed E-state index contributed by atoms with van der Waals surface area (Å²) in [6.45, 7) is 6.42. The first kappa shape index (κ1) is 14.5. The van der Waals surface area contributed by atoms with Crippen LogP contribution in [0.2, 0.25) is 19.6 Å². The Morgan fingerprint density at radius 1 is 1.22 bits per heavy atom. The summed E-state index contributed by atoms with van der Waals surface area (Å²) in [4.78, 5) is 11.2. The van der Waals surface area contributed by atoms with Gasteiger partial charge < -0.3 is 9.16 Å². The molecule has 98 valence electrons. The molecular formula is C14H20O3Si. The van der Waals surface area contributed by atoms with Crippen molar-refractivity contribution in [3.8, 4) is 0 Å². The summed E-state index contributed by atoms with van der Waals surface area (Å²) >= 11 is 0. The number of carbonyl (C=O) groups excluding carboxylic acids is 1. The maximum absolute atomic E-state index is 11.2. The molecule has 18 heavy (non-hydrogen) atoms. The first-order chi connectivity index (χ1) is 8.42. The molecule has 0 N–H and O–H groups in total. The van der Waals surface area contributed by atoms with Gasteiger partial charge in [-0.25, -0.2) is 4.79 Å². The number of esters is 1. The van der Waals surface area contributed by atoms with E-state index in [-0.39, 0.29) is 5.97 Å². The molecule has 0 aromatic heterocycles. The monoisotopic (exact) mass is 264 g/mol. The number of rotatable bonds is 5. The first-order valence-corrected chi connectivity index (χ1v) is 9.33. The van der Waals surface area contributed by atoms with Crippen LogP contribution >= 0.6 is 0 Å². The maximum atomic E-state index is 11.2. The van der Waals surface area contributed by atoms with E-state index in [0.29, 0.717) is 5.56 Å². The van der Waals surface area contributed by atoms with Crippen molar-refractivity contribution in [1.82, 2.24) is 0 Å². The highest BCUT2D eigenvalue weighted by molar-refractivity contribution is 6.69. The molecule has 1 aromatic rings. The third kappa shape index (κ3) is 5.18. The predicted molar refractivity (Wildman–Crippen MR) is 75.1 cm³/mol. The lowest BCUT2D eigenvalue weighted by atomic mass is 10.1. The van der Waals surface area contributed by atoms with E-state index in [2.05, 4.69) is 24.4 Å². The number of methoxy groups -OCH3 is 1. The average Bonchev–Trinajstić information content (AvgIpc) is 2.33. The molecule has 0 radical (unpaired) electrons. The Hall–Kier alpha value is -1.55. The third-order valence-electron chi connectivity index (χ3n) is 2.25. The van der Waals surface area contributed by atoms with E-state index in [4.69, 9.17) is 4.43 Å². The number of carbonyl (C=O) groups is 1. The van der Waals surface area contributed by atoms with E-state index in [1.165, 1.54) is 7.11 Å². The van der Waals surface area contributed by atoms with Gasteiger partial charge in [0.1, 0.15) is 0 Å². The van der Waals surface area contributed by atoms with Crippen molar-refractivity contribution in [3.63, 3.8) is 0 Å². The molecule has 0 fully saturated rings. The highest BCUT2D eigenvalue weighted by Gasteiger charge is 2.12. The SMILES string of the molecule is COC(=O)c1ccc(C/C=C/O[Si](C)(C)C)cc1. The molecule has 3 nitrogen and oxygen atoms in total. The Morgan fingerprint density at radius 2 is 1.83 bits per heavy atom. The maximum Gasteiger partial charge on any atom is 0.337 e. The molecule has 4 heteroatoms. The first-order valence-electron chi connectivity index (χ1n) is 5.92. The third-order valence-corrected chi connectivity index (χ3v) is 3.09. The van der Waals surface area contributed by atoms with Crippen LogP contribution in [0.25, 0.3) is 0 Å². The van der Waals surface area contributed by atoms with Gasteiger partial charge in [-0.2, -0.15) is 0 Å². The summed E-state index contributed by atoms with van der Waals surface area (Å²) in [5.41, 5.74) is 1.71. The minimum absolute atomic E-state index is 0.306. The molecule has 1 rings (SSSR count). The fourth-order valence-corrected chi connectivity index (χ4v) is 1.84. The van der Waals surface area contributed by atoms with Crippen molar-refractivity contribution >= 4 is 14.3 Å². The number of ether oxygens (including phenoxy) is 1. The minimum atomic E-state index is -1.47. The van der Waals surface area contributed by atoms with Gasteiger partial charge in [-0.3, -0.25) is 0 Å². The second-order valence-corrected chi connectivity index (χ2v) is 9.46. The number of hydrogen-bond donors (Lipinski definition) is 0. The average molecular weight is 264 g/mol. The van der Waals surface area contributed by atoms with Crippen molar-refractivity contribution in [2.24, 2.45) is 0 Å². The number of benzene rings is 1. The molecule has 0 spiro atoms. The largest absolute Gasteiger partial charge is 0.550 e. The summed E-state index contributed by atoms with van der Waals surface area (Å²) < 4.78 is 10.3. The van der Waals surface area contributed by atoms with E-state index in [9.17, 15) is 4.79 Å². The van der Waals surface area contributed by atoms with Gasteiger partial charge in [0.25, 0.3) is 0 Å². The van der Waals surface area contributed by atoms with Crippen LogP contribution < -0.4 is 0 Å². The molecule has 0 saturated carbocycles. The summed E-state index contributed by atoms with van der Waals surface area (Å²) in [6, 6.07) is 7.39. The van der Waals surface area contributed by atoms with Gasteiger partial charge in [-0.15, -0.1) is 0 Å². The highest BCUT2D eigenvalue weighted by Crippen LogP contribution is 2.08. The molecule has 0 atom stereocenters. The lowest BCUT2D eigenvalue weighted by Gasteiger charge is -2.14. The van der Waals surface area contributed by atoms with Crippen LogP contribution in [0.3, 0.4) is 0 Å². The van der Waals surface area contributed by atoms with Crippen LogP contribution in [0.4, 0.5) is 0 Å². The Morgan fingerprint density at radius 3 is 2.33 bits per heavy atom. The Kier molecular flexibility index (Phi) is 5.16. The zero-order valence-electron chi connectivity index (χ0n) is 11.4. The molecular weight excluding hydrogens is 244 g/mol. The van der Waals surface area contributed by atoms with Crippen LogP contribution in [-0.4, -0.2) is 21.4 Å². The second-order valence-electron chi connectivity index (χ2n) is 4.99. The minimum Gasteiger partial charge on any atom is -0.550 e. The summed E-state index contributed by atoms with van der Waals surface area (Å²) in [5, 5.41) is 0. The van der Waals surface area contributed by atoms with E-state index in [1.54, 1.807) is 18.4 Å². The fraction of sp³-hybridized carbons (Fsp3) is 0.357. The quantitative estimate of drug-likeness (QED) is 0.464. The van der Waals surface area contributed by atoms with Crippen molar-refractivity contribution in [2.45, 2.75) is 26.1 Å². The molecule has 0 aliphatic carbocycles. The molecule has 0 heterocycles. The fourth-order valence-electron chi connectivity index (χ4n) is 1.33. The van der Waals surface area contributed by atoms with Gasteiger partial charge in [0, 0.05) is 0 Å². The highest BCUT2D eigenvalue weighted by atomic mass is 28.4. The molecule has 0 aliphatic heterocycles. The van der Waals surface area contributed by atoms with Gasteiger partial charge in [0.2, 0.25) is 8.32 Å². The molecule has 1 aromatic carbocycles. The van der Waals surface area contributed by atoms with E-state index >= 15 is 0 Å². The van der Waals surface area contributed by atoms with E-state index < -0.39 is 8.32 Å². The summed E-state index contributed by atoms with van der Waals surface area (Å²) in [5.74, 6) is -0.306. The van der Waals surface area contributed by atoms with Crippen molar-refractivity contribution in [1.29, 1.82) is 0 Å². The van der Waals surface area contributed by atoms with Crippen LogP contribution in [0.15, 0.2) is 36.6 Å². The van der Waals surface area contributed by atoms with E-state index in [0.717, 1.165) is 12.0 Å². The van der Waals surface area contributed by atoms with Crippen LogP contribution in [0, 0.1) is 0 Å². The molecule has 0 amide bonds. The lowest BCUT2D eigenvalue weighted by molar-refractivity contribution is 0.0600. The van der Waals surface area contributed by atoms with Crippen molar-refractivity contribution in [2.75, 3.05) is 7.11 Å². The van der Waals surface area contributed by atoms with Gasteiger partial charge in [-0.1, -0.05) is 12.1 Å². The van der Waals surface area contributed by atoms with Gasteiger partial charge >= 0.3 is 5.97 Å². The zero-order valence-corrected chi connectivity index (χ0v) is 12.4. The normalized spacial score (nSPS) is 11.6. The summed E-state index contributed by atoms with van der Waals surface area (Å²) in [7, 11) is -0.0905. The van der Waals surface area contributed by atoms with Crippen molar-refractivity contribution in [3.05, 3.63) is 47.7 Å². The molecule has 0 aliphatic rings. The molecule has 0 unspecified atom stereocenters. The van der Waals surface area contributed by atoms with E-state index in [1.807, 2.05) is 18.2 Å². The van der Waals surface area contributed by atoms with Crippen molar-refractivity contribution < 1.29 is 14.0 Å². The lowest BCUT2D eigenvalue weighted by Crippen LogP contribution is -2.21. The van der Waals surface area contributed by atoms with Gasteiger partial charge in [0.15, 0.2) is 0 Å². The number of hydrogen-bond acceptors (Lipinski definition) is 3. The van der Waals surface area contributed by atoms with Crippen LogP contribution in [0.1, 0.15) is 15.9 Å². The smallest absolute Gasteiger partial charge is 0.337 e. The molecule has 0 saturated heterocycles. The Balaban J connectivity index is 2.52. The van der Waals surface area contributed by atoms with Crippen LogP contribution in [0.5, 0.6) is 0 Å². The Labute approximate surface area is 110 Å². The second kappa shape index (κ2) is 6.40. The number of allylic oxidation sites excluding steroid dienone is 1. The van der Waals surface area contributed by atoms with Crippen LogP contribution in [-0.2, 0) is 15.6 Å². The Bertz CT molecular complexity index is 416. The zero-order chi connectivity index (χ0) is 13.6. The predicted octanol–water partition coefficient (Wildman–Crippen LogP) is 3.38. The standard InChI is InChI=1S/C14H20O3Si/c1-16-14(15)13-9-7-12(8-10-13)6-5-11-17-18(2,3)4/h5,7-11H,6H2,1-4H3/b11-5+.